The average molecular weight is 274 g/mol. The number of carbonyl (C=O) groups is 1. The Hall–Kier alpha value is -1.95. The standard InChI is InChI=1S/C13H14N4OS/c18-10-11-2-3-12(19-11)16-6-8-17(9-7-16)13-14-4-1-5-15-13/h1-5,10H,6-9H2. The summed E-state index contributed by atoms with van der Waals surface area (Å²) in [6.07, 6.45) is 4.44. The highest BCUT2D eigenvalue weighted by molar-refractivity contribution is 7.17. The molecule has 0 bridgehead atoms. The highest BCUT2D eigenvalue weighted by Gasteiger charge is 2.19. The second-order valence-corrected chi connectivity index (χ2v) is 5.41. The maximum Gasteiger partial charge on any atom is 0.225 e. The van der Waals surface area contributed by atoms with Crippen LogP contribution >= 0.6 is 11.3 Å². The van der Waals surface area contributed by atoms with Gasteiger partial charge in [0.15, 0.2) is 6.29 Å². The van der Waals surface area contributed by atoms with Gasteiger partial charge < -0.3 is 9.80 Å². The predicted octanol–water partition coefficient (Wildman–Crippen LogP) is 1.68. The Morgan fingerprint density at radius 3 is 2.37 bits per heavy atom. The number of rotatable bonds is 3. The molecule has 1 saturated heterocycles. The van der Waals surface area contributed by atoms with Crippen LogP contribution in [0.1, 0.15) is 9.67 Å². The number of carbonyl (C=O) groups excluding carboxylic acids is 1. The van der Waals surface area contributed by atoms with Gasteiger partial charge in [0.2, 0.25) is 5.95 Å². The van der Waals surface area contributed by atoms with Crippen LogP contribution in [0.15, 0.2) is 30.6 Å². The molecule has 98 valence electrons. The number of hydrogen-bond acceptors (Lipinski definition) is 6. The van der Waals surface area contributed by atoms with Crippen LogP contribution in [-0.2, 0) is 0 Å². The summed E-state index contributed by atoms with van der Waals surface area (Å²) in [4.78, 5) is 24.5. The lowest BCUT2D eigenvalue weighted by Gasteiger charge is -2.35. The van der Waals surface area contributed by atoms with Crippen molar-refractivity contribution >= 4 is 28.6 Å². The quantitative estimate of drug-likeness (QED) is 0.797. The van der Waals surface area contributed by atoms with Crippen LogP contribution in [0.2, 0.25) is 0 Å². The van der Waals surface area contributed by atoms with Crippen molar-refractivity contribution in [3.8, 4) is 0 Å². The van der Waals surface area contributed by atoms with Crippen molar-refractivity contribution in [2.24, 2.45) is 0 Å². The molecule has 0 radical (unpaired) electrons. The number of thiophene rings is 1. The number of aldehydes is 1. The molecule has 3 heterocycles. The van der Waals surface area contributed by atoms with E-state index in [4.69, 9.17) is 0 Å². The minimum atomic E-state index is 0.781. The number of anilines is 2. The molecule has 0 aliphatic carbocycles. The predicted molar refractivity (Wildman–Crippen MR) is 76.2 cm³/mol. The smallest absolute Gasteiger partial charge is 0.225 e. The fourth-order valence-corrected chi connectivity index (χ4v) is 3.03. The van der Waals surface area contributed by atoms with Gasteiger partial charge in [-0.05, 0) is 18.2 Å². The Balaban J connectivity index is 1.65. The number of aromatic nitrogens is 2. The van der Waals surface area contributed by atoms with E-state index >= 15 is 0 Å². The fourth-order valence-electron chi connectivity index (χ4n) is 2.16. The number of hydrogen-bond donors (Lipinski definition) is 0. The monoisotopic (exact) mass is 274 g/mol. The molecule has 2 aromatic heterocycles. The molecule has 0 saturated carbocycles. The van der Waals surface area contributed by atoms with Gasteiger partial charge in [0.25, 0.3) is 0 Å². The van der Waals surface area contributed by atoms with E-state index in [0.717, 1.165) is 48.3 Å². The Morgan fingerprint density at radius 2 is 1.74 bits per heavy atom. The van der Waals surface area contributed by atoms with Crippen molar-refractivity contribution in [1.29, 1.82) is 0 Å². The minimum Gasteiger partial charge on any atom is -0.360 e. The molecule has 0 aromatic carbocycles. The van der Waals surface area contributed by atoms with Gasteiger partial charge in [-0.1, -0.05) is 0 Å². The summed E-state index contributed by atoms with van der Waals surface area (Å²) in [6, 6.07) is 5.72. The van der Waals surface area contributed by atoms with E-state index in [0.29, 0.717) is 0 Å². The average Bonchev–Trinajstić information content (AvgIpc) is 2.97. The minimum absolute atomic E-state index is 0.781. The van der Waals surface area contributed by atoms with Crippen molar-refractivity contribution in [3.63, 3.8) is 0 Å². The molecule has 1 aliphatic heterocycles. The SMILES string of the molecule is O=Cc1ccc(N2CCN(c3ncccn3)CC2)s1. The molecular weight excluding hydrogens is 260 g/mol. The fraction of sp³-hybridized carbons (Fsp3) is 0.308. The maximum atomic E-state index is 10.7. The molecule has 1 aliphatic rings. The first-order chi connectivity index (χ1) is 9.36. The third kappa shape index (κ3) is 2.58. The van der Waals surface area contributed by atoms with Crippen LogP contribution in [-0.4, -0.2) is 42.4 Å². The molecule has 2 aromatic rings. The zero-order chi connectivity index (χ0) is 13.1. The van der Waals surface area contributed by atoms with Crippen LogP contribution < -0.4 is 9.80 Å². The van der Waals surface area contributed by atoms with Gasteiger partial charge in [0, 0.05) is 38.6 Å². The molecular formula is C13H14N4OS. The summed E-state index contributed by atoms with van der Waals surface area (Å²) in [5.74, 6) is 0.793. The summed E-state index contributed by atoms with van der Waals surface area (Å²) in [5.41, 5.74) is 0. The van der Waals surface area contributed by atoms with Gasteiger partial charge >= 0.3 is 0 Å². The second-order valence-electron chi connectivity index (χ2n) is 4.32. The van der Waals surface area contributed by atoms with Crippen molar-refractivity contribution < 1.29 is 4.79 Å². The van der Waals surface area contributed by atoms with Gasteiger partial charge in [-0.2, -0.15) is 0 Å². The number of piperazine rings is 1. The summed E-state index contributed by atoms with van der Waals surface area (Å²) < 4.78 is 0. The number of nitrogens with zero attached hydrogens (tertiary/aromatic N) is 4. The zero-order valence-corrected chi connectivity index (χ0v) is 11.2. The van der Waals surface area contributed by atoms with Crippen LogP contribution in [0, 0.1) is 0 Å². The molecule has 3 rings (SSSR count). The van der Waals surface area contributed by atoms with Crippen molar-refractivity contribution in [2.45, 2.75) is 0 Å². The Labute approximate surface area is 115 Å². The lowest BCUT2D eigenvalue weighted by molar-refractivity contribution is 0.112. The van der Waals surface area contributed by atoms with Crippen molar-refractivity contribution in [1.82, 2.24) is 9.97 Å². The van der Waals surface area contributed by atoms with Gasteiger partial charge in [-0.15, -0.1) is 11.3 Å². The normalized spacial score (nSPS) is 15.6. The first kappa shape index (κ1) is 12.1. The Kier molecular flexibility index (Phi) is 3.41. The molecule has 0 spiro atoms. The first-order valence-corrected chi connectivity index (χ1v) is 7.00. The van der Waals surface area contributed by atoms with E-state index in [1.165, 1.54) is 0 Å². The summed E-state index contributed by atoms with van der Waals surface area (Å²) in [5, 5.41) is 1.16. The van der Waals surface area contributed by atoms with E-state index in [2.05, 4.69) is 19.8 Å². The molecule has 6 heteroatoms. The second kappa shape index (κ2) is 5.36. The summed E-state index contributed by atoms with van der Waals surface area (Å²) in [7, 11) is 0. The topological polar surface area (TPSA) is 49.3 Å². The third-order valence-electron chi connectivity index (χ3n) is 3.16. The van der Waals surface area contributed by atoms with Crippen molar-refractivity contribution in [3.05, 3.63) is 35.5 Å². The lowest BCUT2D eigenvalue weighted by atomic mass is 10.3. The van der Waals surface area contributed by atoms with Gasteiger partial charge in [0.1, 0.15) is 0 Å². The van der Waals surface area contributed by atoms with Crippen LogP contribution in [0.4, 0.5) is 10.9 Å². The molecule has 1 fully saturated rings. The highest BCUT2D eigenvalue weighted by atomic mass is 32.1. The largest absolute Gasteiger partial charge is 0.360 e. The van der Waals surface area contributed by atoms with Crippen LogP contribution in [0.25, 0.3) is 0 Å². The molecule has 5 nitrogen and oxygen atoms in total. The van der Waals surface area contributed by atoms with Gasteiger partial charge in [-0.3, -0.25) is 4.79 Å². The molecule has 19 heavy (non-hydrogen) atoms. The van der Waals surface area contributed by atoms with Crippen LogP contribution in [0.5, 0.6) is 0 Å². The third-order valence-corrected chi connectivity index (χ3v) is 4.23. The molecule has 0 N–H and O–H groups in total. The van der Waals surface area contributed by atoms with Gasteiger partial charge in [0.05, 0.1) is 9.88 Å². The lowest BCUT2D eigenvalue weighted by Crippen LogP contribution is -2.46. The first-order valence-electron chi connectivity index (χ1n) is 6.19. The van der Waals surface area contributed by atoms with Gasteiger partial charge in [-0.25, -0.2) is 9.97 Å². The highest BCUT2D eigenvalue weighted by Crippen LogP contribution is 2.26. The van der Waals surface area contributed by atoms with Crippen LogP contribution in [0.3, 0.4) is 0 Å². The van der Waals surface area contributed by atoms with E-state index in [-0.39, 0.29) is 0 Å². The van der Waals surface area contributed by atoms with E-state index in [1.807, 2.05) is 18.2 Å². The molecule has 0 amide bonds. The zero-order valence-electron chi connectivity index (χ0n) is 10.4. The Bertz CT molecular complexity index is 549. The maximum absolute atomic E-state index is 10.7. The van der Waals surface area contributed by atoms with E-state index in [9.17, 15) is 4.79 Å². The van der Waals surface area contributed by atoms with E-state index < -0.39 is 0 Å². The molecule has 0 unspecified atom stereocenters. The summed E-state index contributed by atoms with van der Waals surface area (Å²) in [6.45, 7) is 3.66. The summed E-state index contributed by atoms with van der Waals surface area (Å²) >= 11 is 1.54. The Morgan fingerprint density at radius 1 is 1.05 bits per heavy atom. The molecule has 0 atom stereocenters. The van der Waals surface area contributed by atoms with E-state index in [1.54, 1.807) is 23.7 Å². The van der Waals surface area contributed by atoms with Crippen molar-refractivity contribution in [2.75, 3.05) is 36.0 Å².